The maximum Gasteiger partial charge on any atom is 0.326 e. The number of amides is 4. The van der Waals surface area contributed by atoms with Crippen LogP contribution in [0.3, 0.4) is 0 Å². The Balaban J connectivity index is 1.81. The van der Waals surface area contributed by atoms with Gasteiger partial charge >= 0.3 is 5.97 Å². The minimum atomic E-state index is -1.31. The molecule has 2 aromatic heterocycles. The van der Waals surface area contributed by atoms with Gasteiger partial charge < -0.3 is 54.0 Å². The number of carbonyl (C=O) groups excluding carboxylic acids is 4. The molecule has 0 radical (unpaired) electrons. The monoisotopic (exact) mass is 625 g/mol. The maximum absolute atomic E-state index is 13.6. The second kappa shape index (κ2) is 16.4. The molecule has 4 amide bonds. The zero-order valence-electron chi connectivity index (χ0n) is 24.5. The van der Waals surface area contributed by atoms with E-state index in [0.29, 0.717) is 11.3 Å². The maximum atomic E-state index is 13.6. The van der Waals surface area contributed by atoms with Crippen molar-refractivity contribution in [1.29, 1.82) is 0 Å². The molecule has 0 bridgehead atoms. The van der Waals surface area contributed by atoms with E-state index >= 15 is 0 Å². The summed E-state index contributed by atoms with van der Waals surface area (Å²) in [7, 11) is 0. The number of aromatic nitrogens is 3. The predicted molar refractivity (Wildman–Crippen MR) is 164 cm³/mol. The first kappa shape index (κ1) is 34.0. The number of H-pyrrole nitrogens is 2. The molecule has 2 heterocycles. The van der Waals surface area contributed by atoms with Crippen LogP contribution in [0.25, 0.3) is 10.9 Å². The number of guanidine groups is 1. The summed E-state index contributed by atoms with van der Waals surface area (Å²) in [5, 5.41) is 18.2. The number of imidazole rings is 1. The summed E-state index contributed by atoms with van der Waals surface area (Å²) in [5.41, 5.74) is 24.0. The molecule has 1 aromatic carbocycles. The van der Waals surface area contributed by atoms with E-state index in [1.165, 1.54) is 12.5 Å². The molecule has 0 saturated heterocycles. The van der Waals surface area contributed by atoms with Gasteiger partial charge in [0.05, 0.1) is 12.4 Å². The van der Waals surface area contributed by atoms with Crippen molar-refractivity contribution in [2.24, 2.45) is 27.9 Å². The van der Waals surface area contributed by atoms with Crippen LogP contribution in [0.1, 0.15) is 36.9 Å². The normalized spacial score (nSPS) is 13.6. The van der Waals surface area contributed by atoms with E-state index in [0.717, 1.165) is 10.9 Å². The number of nitrogens with zero attached hydrogens (tertiary/aromatic N) is 2. The van der Waals surface area contributed by atoms with Crippen molar-refractivity contribution >= 4 is 46.5 Å². The van der Waals surface area contributed by atoms with Crippen molar-refractivity contribution in [2.45, 2.75) is 62.7 Å². The lowest BCUT2D eigenvalue weighted by Crippen LogP contribution is -2.57. The summed E-state index contributed by atoms with van der Waals surface area (Å²) in [5.74, 6) is -4.40. The number of nitrogens with one attached hydrogen (secondary N) is 5. The molecule has 3 rings (SSSR count). The molecule has 45 heavy (non-hydrogen) atoms. The molecule has 3 aromatic rings. The molecule has 14 N–H and O–H groups in total. The van der Waals surface area contributed by atoms with Gasteiger partial charge in [-0.3, -0.25) is 24.2 Å². The first-order chi connectivity index (χ1) is 21.4. The van der Waals surface area contributed by atoms with Crippen LogP contribution in [0.2, 0.25) is 0 Å². The summed E-state index contributed by atoms with van der Waals surface area (Å²) in [6, 6.07) is 2.39. The number of hydrogen-bond acceptors (Lipinski definition) is 8. The number of nitrogens with two attached hydrogens (primary N) is 4. The largest absolute Gasteiger partial charge is 0.480 e. The Morgan fingerprint density at radius 1 is 0.889 bits per heavy atom. The van der Waals surface area contributed by atoms with Gasteiger partial charge in [-0.2, -0.15) is 0 Å². The minimum Gasteiger partial charge on any atom is -0.480 e. The second-order valence-electron chi connectivity index (χ2n) is 10.4. The van der Waals surface area contributed by atoms with Crippen molar-refractivity contribution < 1.29 is 29.1 Å². The highest BCUT2D eigenvalue weighted by molar-refractivity contribution is 5.95. The number of para-hydroxylation sites is 1. The topological polar surface area (TPSA) is 303 Å². The highest BCUT2D eigenvalue weighted by atomic mass is 16.4. The summed E-state index contributed by atoms with van der Waals surface area (Å²) in [6.07, 6.45) is 4.54. The zero-order chi connectivity index (χ0) is 32.9. The average molecular weight is 626 g/mol. The summed E-state index contributed by atoms with van der Waals surface area (Å²) < 4.78 is 0. The highest BCUT2D eigenvalue weighted by Crippen LogP contribution is 2.19. The van der Waals surface area contributed by atoms with Gasteiger partial charge in [-0.1, -0.05) is 18.2 Å². The molecule has 17 nitrogen and oxygen atoms in total. The molecular formula is C28H39N11O6. The van der Waals surface area contributed by atoms with Crippen LogP contribution >= 0.6 is 0 Å². The summed E-state index contributed by atoms with van der Waals surface area (Å²) in [4.78, 5) is 77.1. The third-order valence-electron chi connectivity index (χ3n) is 6.94. The molecule has 0 aliphatic carbocycles. The van der Waals surface area contributed by atoms with Crippen LogP contribution in [-0.2, 0) is 36.8 Å². The van der Waals surface area contributed by atoms with Crippen LogP contribution in [0.5, 0.6) is 0 Å². The lowest BCUT2D eigenvalue weighted by Gasteiger charge is -2.25. The van der Waals surface area contributed by atoms with Crippen LogP contribution < -0.4 is 38.9 Å². The van der Waals surface area contributed by atoms with Crippen LogP contribution in [0.15, 0.2) is 48.0 Å². The number of carbonyl (C=O) groups is 5. The third-order valence-corrected chi connectivity index (χ3v) is 6.94. The molecule has 0 aliphatic heterocycles. The number of aliphatic imine (C=N–C) groups is 1. The fourth-order valence-electron chi connectivity index (χ4n) is 4.60. The molecule has 17 heteroatoms. The Kier molecular flexibility index (Phi) is 12.4. The molecule has 0 aliphatic rings. The number of carboxylic acid groups (broad SMARTS) is 1. The fraction of sp³-hybridized carbons (Fsp3) is 0.393. The van der Waals surface area contributed by atoms with Gasteiger partial charge in [0.1, 0.15) is 18.1 Å². The van der Waals surface area contributed by atoms with Gasteiger partial charge in [-0.25, -0.2) is 9.78 Å². The first-order valence-electron chi connectivity index (χ1n) is 14.2. The molecule has 0 spiro atoms. The van der Waals surface area contributed by atoms with E-state index < -0.39 is 53.8 Å². The van der Waals surface area contributed by atoms with Crippen LogP contribution in [0.4, 0.5) is 0 Å². The number of benzene rings is 1. The fourth-order valence-corrected chi connectivity index (χ4v) is 4.60. The SMILES string of the molecule is NC(=O)CCC(NC(=O)C(N)Cc1cnc[nH]1)C(=O)NC(Cc1c[nH]c2ccccc12)C(=O)NC(CCCN=C(N)N)C(=O)O. The minimum absolute atomic E-state index is 0.0110. The average Bonchev–Trinajstić information content (AvgIpc) is 3.65. The summed E-state index contributed by atoms with van der Waals surface area (Å²) >= 11 is 0. The van der Waals surface area contributed by atoms with E-state index in [9.17, 15) is 29.1 Å². The number of primary amides is 1. The number of fused-ring (bicyclic) bond motifs is 1. The van der Waals surface area contributed by atoms with E-state index in [1.54, 1.807) is 6.20 Å². The van der Waals surface area contributed by atoms with Gasteiger partial charge in [0.2, 0.25) is 23.6 Å². The second-order valence-corrected chi connectivity index (χ2v) is 10.4. The van der Waals surface area contributed by atoms with Crippen molar-refractivity contribution in [3.05, 3.63) is 54.2 Å². The van der Waals surface area contributed by atoms with Crippen molar-refractivity contribution in [3.63, 3.8) is 0 Å². The van der Waals surface area contributed by atoms with Gasteiger partial charge in [0.25, 0.3) is 0 Å². The van der Waals surface area contributed by atoms with Gasteiger partial charge in [0.15, 0.2) is 5.96 Å². The molecule has 4 atom stereocenters. The molecule has 0 fully saturated rings. The van der Waals surface area contributed by atoms with E-state index in [4.69, 9.17) is 22.9 Å². The first-order valence-corrected chi connectivity index (χ1v) is 14.2. The number of rotatable bonds is 18. The number of aromatic amines is 2. The zero-order valence-corrected chi connectivity index (χ0v) is 24.5. The van der Waals surface area contributed by atoms with Crippen LogP contribution in [-0.4, -0.2) is 86.3 Å². The van der Waals surface area contributed by atoms with Gasteiger partial charge in [-0.05, 0) is 30.9 Å². The number of aliphatic carboxylic acids is 1. The lowest BCUT2D eigenvalue weighted by molar-refractivity contribution is -0.142. The quantitative estimate of drug-likeness (QED) is 0.0415. The summed E-state index contributed by atoms with van der Waals surface area (Å²) in [6.45, 7) is 0.154. The molecule has 0 saturated carbocycles. The Morgan fingerprint density at radius 3 is 2.24 bits per heavy atom. The van der Waals surface area contributed by atoms with Gasteiger partial charge in [0, 0.05) is 54.8 Å². The lowest BCUT2D eigenvalue weighted by atomic mass is 10.0. The van der Waals surface area contributed by atoms with E-state index in [-0.39, 0.29) is 51.0 Å². The highest BCUT2D eigenvalue weighted by Gasteiger charge is 2.31. The van der Waals surface area contributed by atoms with Crippen LogP contribution in [0, 0.1) is 0 Å². The smallest absolute Gasteiger partial charge is 0.326 e. The Hall–Kier alpha value is -5.45. The third kappa shape index (κ3) is 10.6. The number of carboxylic acids is 1. The molecular weight excluding hydrogens is 586 g/mol. The Labute approximate surface area is 258 Å². The van der Waals surface area contributed by atoms with Crippen molar-refractivity contribution in [3.8, 4) is 0 Å². The van der Waals surface area contributed by atoms with Gasteiger partial charge in [-0.15, -0.1) is 0 Å². The number of hydrogen-bond donors (Lipinski definition) is 10. The van der Waals surface area contributed by atoms with E-state index in [1.807, 2.05) is 24.3 Å². The van der Waals surface area contributed by atoms with Crippen molar-refractivity contribution in [2.75, 3.05) is 6.54 Å². The molecule has 242 valence electrons. The van der Waals surface area contributed by atoms with Crippen molar-refractivity contribution in [1.82, 2.24) is 30.9 Å². The van der Waals surface area contributed by atoms with E-state index in [2.05, 4.69) is 35.9 Å². The molecule has 4 unspecified atom stereocenters. The predicted octanol–water partition coefficient (Wildman–Crippen LogP) is -2.14. The Morgan fingerprint density at radius 2 is 1.58 bits per heavy atom. The standard InChI is InChI=1S/C28H39N11O6/c29-18(11-16-13-33-14-36-16)24(41)37-20(7-8-23(30)40)25(42)39-22(10-15-12-35-19-5-2-1-4-17(15)19)26(43)38-21(27(44)45)6-3-9-34-28(31)32/h1-2,4-5,12-14,18,20-22,35H,3,6-11,29H2,(H2,30,40)(H,33,36)(H,37,41)(H,38,43)(H,39,42)(H,44,45)(H4,31,32,34). The Bertz CT molecular complexity index is 1500.